The Hall–Kier alpha value is -1.61. The van der Waals surface area contributed by atoms with Gasteiger partial charge in [-0.25, -0.2) is 13.5 Å². The molecule has 21 heavy (non-hydrogen) atoms. The van der Waals surface area contributed by atoms with Crippen LogP contribution < -0.4 is 5.32 Å². The Morgan fingerprint density at radius 1 is 1.14 bits per heavy atom. The molecular weight excluding hydrogens is 314 g/mol. The van der Waals surface area contributed by atoms with E-state index >= 15 is 0 Å². The molecule has 1 N–H and O–H groups in total. The van der Waals surface area contributed by atoms with Crippen LogP contribution >= 0.6 is 12.4 Å². The Morgan fingerprint density at radius 2 is 1.90 bits per heavy atom. The van der Waals surface area contributed by atoms with Gasteiger partial charge in [0, 0.05) is 31.0 Å². The molecule has 0 unspecified atom stereocenters. The van der Waals surface area contributed by atoms with Gasteiger partial charge in [-0.15, -0.1) is 12.4 Å². The summed E-state index contributed by atoms with van der Waals surface area (Å²) in [6.45, 7) is -2.60. The normalized spacial score (nSPS) is 11.1. The predicted octanol–water partition coefficient (Wildman–Crippen LogP) is 2.45. The third kappa shape index (κ3) is 5.01. The van der Waals surface area contributed by atoms with Gasteiger partial charge in [0.1, 0.15) is 6.54 Å². The molecule has 2 aromatic heterocycles. The SMILES string of the molecule is Cl.FC(F)Cn1cc(CNCc2ccnn2C(F)F)cn1. The van der Waals surface area contributed by atoms with Gasteiger partial charge in [0.25, 0.3) is 6.43 Å². The molecule has 0 amide bonds. The summed E-state index contributed by atoms with van der Waals surface area (Å²) < 4.78 is 51.1. The molecule has 0 saturated carbocycles. The van der Waals surface area contributed by atoms with Crippen LogP contribution in [0.4, 0.5) is 17.6 Å². The molecule has 0 radical (unpaired) electrons. The summed E-state index contributed by atoms with van der Waals surface area (Å²) in [6, 6.07) is 1.49. The molecule has 0 spiro atoms. The van der Waals surface area contributed by atoms with Gasteiger partial charge in [-0.2, -0.15) is 19.0 Å². The van der Waals surface area contributed by atoms with Gasteiger partial charge >= 0.3 is 6.55 Å². The van der Waals surface area contributed by atoms with E-state index in [1.165, 1.54) is 24.7 Å². The molecule has 0 saturated heterocycles. The Balaban J connectivity index is 0.00000220. The van der Waals surface area contributed by atoms with Crippen LogP contribution in [0, 0.1) is 0 Å². The number of halogens is 5. The highest BCUT2D eigenvalue weighted by Gasteiger charge is 2.11. The van der Waals surface area contributed by atoms with Crippen LogP contribution in [0.2, 0.25) is 0 Å². The lowest BCUT2D eigenvalue weighted by Gasteiger charge is -2.06. The zero-order valence-electron chi connectivity index (χ0n) is 10.8. The van der Waals surface area contributed by atoms with E-state index in [0.717, 1.165) is 4.68 Å². The van der Waals surface area contributed by atoms with Crippen molar-refractivity contribution >= 4 is 12.4 Å². The number of rotatable bonds is 7. The maximum absolute atomic E-state index is 12.5. The maximum Gasteiger partial charge on any atom is 0.333 e. The minimum absolute atomic E-state index is 0. The van der Waals surface area contributed by atoms with Crippen molar-refractivity contribution in [3.05, 3.63) is 35.9 Å². The van der Waals surface area contributed by atoms with Gasteiger partial charge in [0.2, 0.25) is 0 Å². The van der Waals surface area contributed by atoms with Crippen molar-refractivity contribution in [3.8, 4) is 0 Å². The third-order valence-corrected chi connectivity index (χ3v) is 2.58. The van der Waals surface area contributed by atoms with Crippen LogP contribution in [0.25, 0.3) is 0 Å². The highest BCUT2D eigenvalue weighted by atomic mass is 35.5. The van der Waals surface area contributed by atoms with E-state index in [-0.39, 0.29) is 19.0 Å². The van der Waals surface area contributed by atoms with Gasteiger partial charge < -0.3 is 5.32 Å². The first-order valence-electron chi connectivity index (χ1n) is 5.87. The van der Waals surface area contributed by atoms with E-state index in [9.17, 15) is 17.6 Å². The van der Waals surface area contributed by atoms with E-state index in [1.807, 2.05) is 0 Å². The first-order valence-corrected chi connectivity index (χ1v) is 5.87. The second-order valence-corrected chi connectivity index (χ2v) is 4.11. The topological polar surface area (TPSA) is 47.7 Å². The fourth-order valence-corrected chi connectivity index (χ4v) is 1.73. The summed E-state index contributed by atoms with van der Waals surface area (Å²) in [5.41, 5.74) is 1.05. The van der Waals surface area contributed by atoms with E-state index < -0.39 is 19.5 Å². The van der Waals surface area contributed by atoms with Crippen molar-refractivity contribution < 1.29 is 17.6 Å². The smallest absolute Gasteiger partial charge is 0.307 e. The van der Waals surface area contributed by atoms with Crippen LogP contribution in [0.5, 0.6) is 0 Å². The molecule has 118 valence electrons. The zero-order chi connectivity index (χ0) is 14.5. The highest BCUT2D eigenvalue weighted by molar-refractivity contribution is 5.85. The number of nitrogens with zero attached hydrogens (tertiary/aromatic N) is 4. The summed E-state index contributed by atoms with van der Waals surface area (Å²) in [6.07, 6.45) is 1.78. The van der Waals surface area contributed by atoms with Crippen molar-refractivity contribution in [1.29, 1.82) is 0 Å². The summed E-state index contributed by atoms with van der Waals surface area (Å²) >= 11 is 0. The molecule has 0 aliphatic heterocycles. The minimum atomic E-state index is -2.68. The Bertz CT molecular complexity index is 542. The van der Waals surface area contributed by atoms with Crippen molar-refractivity contribution in [3.63, 3.8) is 0 Å². The van der Waals surface area contributed by atoms with Gasteiger partial charge in [-0.1, -0.05) is 0 Å². The van der Waals surface area contributed by atoms with E-state index in [4.69, 9.17) is 0 Å². The summed E-state index contributed by atoms with van der Waals surface area (Å²) in [5, 5.41) is 10.2. The molecule has 2 rings (SSSR count). The average molecular weight is 328 g/mol. The molecule has 0 bridgehead atoms. The zero-order valence-corrected chi connectivity index (χ0v) is 11.6. The van der Waals surface area contributed by atoms with Crippen LogP contribution in [-0.2, 0) is 19.6 Å². The average Bonchev–Trinajstić information content (AvgIpc) is 2.98. The molecule has 0 aliphatic carbocycles. The molecule has 0 aromatic carbocycles. The van der Waals surface area contributed by atoms with E-state index in [0.29, 0.717) is 22.5 Å². The molecule has 0 fully saturated rings. The van der Waals surface area contributed by atoms with Crippen LogP contribution in [0.1, 0.15) is 17.8 Å². The lowest BCUT2D eigenvalue weighted by Crippen LogP contribution is -2.16. The maximum atomic E-state index is 12.5. The summed E-state index contributed by atoms with van der Waals surface area (Å²) in [7, 11) is 0. The van der Waals surface area contributed by atoms with Crippen molar-refractivity contribution in [2.45, 2.75) is 32.6 Å². The van der Waals surface area contributed by atoms with Crippen LogP contribution in [0.3, 0.4) is 0 Å². The van der Waals surface area contributed by atoms with E-state index in [1.54, 1.807) is 0 Å². The molecule has 5 nitrogen and oxygen atoms in total. The Kier molecular flexibility index (Phi) is 6.63. The fourth-order valence-electron chi connectivity index (χ4n) is 1.73. The highest BCUT2D eigenvalue weighted by Crippen LogP contribution is 2.11. The summed E-state index contributed by atoms with van der Waals surface area (Å²) in [5.74, 6) is 0. The second kappa shape index (κ2) is 7.99. The Labute approximate surface area is 124 Å². The molecule has 0 aliphatic rings. The minimum Gasteiger partial charge on any atom is -0.307 e. The van der Waals surface area contributed by atoms with Crippen molar-refractivity contribution in [1.82, 2.24) is 24.9 Å². The van der Waals surface area contributed by atoms with Gasteiger partial charge in [-0.3, -0.25) is 4.68 Å². The number of hydrogen-bond donors (Lipinski definition) is 1. The van der Waals surface area contributed by atoms with Crippen LogP contribution in [-0.4, -0.2) is 26.0 Å². The van der Waals surface area contributed by atoms with Gasteiger partial charge in [0.05, 0.1) is 11.9 Å². The van der Waals surface area contributed by atoms with Gasteiger partial charge in [-0.05, 0) is 6.07 Å². The molecule has 2 heterocycles. The molecule has 0 atom stereocenters. The largest absolute Gasteiger partial charge is 0.333 e. The lowest BCUT2D eigenvalue weighted by molar-refractivity contribution is 0.0531. The standard InChI is InChI=1S/C11H13F4N5.ClH/c12-10(13)7-19-6-8(4-18-19)3-16-5-9-1-2-17-20(9)11(14)15;/h1-2,4,6,10-11,16H,3,5,7H2;1H. The molecule has 2 aromatic rings. The number of alkyl halides is 4. The molecular formula is C11H14ClF4N5. The lowest BCUT2D eigenvalue weighted by atomic mass is 10.3. The first-order chi connectivity index (χ1) is 9.56. The number of nitrogens with one attached hydrogen (secondary N) is 1. The predicted molar refractivity (Wildman–Crippen MR) is 69.5 cm³/mol. The van der Waals surface area contributed by atoms with Gasteiger partial charge in [0.15, 0.2) is 0 Å². The number of hydrogen-bond acceptors (Lipinski definition) is 3. The first kappa shape index (κ1) is 17.4. The van der Waals surface area contributed by atoms with Crippen molar-refractivity contribution in [2.24, 2.45) is 0 Å². The second-order valence-electron chi connectivity index (χ2n) is 4.11. The Morgan fingerprint density at radius 3 is 2.57 bits per heavy atom. The quantitative estimate of drug-likeness (QED) is 0.795. The summed E-state index contributed by atoms with van der Waals surface area (Å²) in [4.78, 5) is 0. The molecule has 10 heteroatoms. The van der Waals surface area contributed by atoms with Crippen molar-refractivity contribution in [2.75, 3.05) is 0 Å². The van der Waals surface area contributed by atoms with E-state index in [2.05, 4.69) is 15.5 Å². The third-order valence-electron chi connectivity index (χ3n) is 2.58. The number of aromatic nitrogens is 4. The van der Waals surface area contributed by atoms with Crippen LogP contribution in [0.15, 0.2) is 24.7 Å². The fraction of sp³-hybridized carbons (Fsp3) is 0.455. The monoisotopic (exact) mass is 327 g/mol.